The van der Waals surface area contributed by atoms with E-state index in [2.05, 4.69) is 10.7 Å². The molecule has 1 aromatic rings. The standard InChI is InChI=1S/C18H26ClFN4O3/c1-4-24-16(14(19)8-23-24)11-5-12(7-13(20)6-11)17(25)22-9-15(21)18(26)27-10(2)3/h5-7,10,14-16,23H,4,8-9,21H2,1-3H3,(H,22,25)/t14?,15-,16?/m1/s1. The zero-order chi connectivity index (χ0) is 20.1. The number of carbonyl (C=O) groups is 2. The van der Waals surface area contributed by atoms with E-state index in [0.29, 0.717) is 18.7 Å². The Kier molecular flexibility index (Phi) is 7.55. The minimum Gasteiger partial charge on any atom is -0.462 e. The lowest BCUT2D eigenvalue weighted by Crippen LogP contribution is -2.44. The van der Waals surface area contributed by atoms with E-state index in [9.17, 15) is 14.0 Å². The Hall–Kier alpha value is -1.74. The van der Waals surface area contributed by atoms with E-state index in [0.717, 1.165) is 6.07 Å². The number of alkyl halides is 1. The first kappa shape index (κ1) is 21.6. The Morgan fingerprint density at radius 1 is 1.44 bits per heavy atom. The normalized spacial score (nSPS) is 21.3. The van der Waals surface area contributed by atoms with E-state index in [1.165, 1.54) is 6.07 Å². The van der Waals surface area contributed by atoms with Gasteiger partial charge in [0.15, 0.2) is 0 Å². The van der Waals surface area contributed by atoms with Crippen molar-refractivity contribution in [2.45, 2.75) is 44.3 Å². The molecule has 7 nitrogen and oxygen atoms in total. The number of halogens is 2. The summed E-state index contributed by atoms with van der Waals surface area (Å²) in [6.07, 6.45) is -0.296. The first-order valence-electron chi connectivity index (χ1n) is 8.91. The topological polar surface area (TPSA) is 96.7 Å². The van der Waals surface area contributed by atoms with Gasteiger partial charge >= 0.3 is 5.97 Å². The van der Waals surface area contributed by atoms with Crippen LogP contribution in [0.25, 0.3) is 0 Å². The van der Waals surface area contributed by atoms with Crippen molar-refractivity contribution in [3.8, 4) is 0 Å². The summed E-state index contributed by atoms with van der Waals surface area (Å²) < 4.78 is 19.1. The molecule has 0 aromatic heterocycles. The van der Waals surface area contributed by atoms with Crippen molar-refractivity contribution in [2.24, 2.45) is 5.73 Å². The van der Waals surface area contributed by atoms with Crippen LogP contribution in [-0.2, 0) is 9.53 Å². The number of rotatable bonds is 7. The van der Waals surface area contributed by atoms with Crippen LogP contribution in [0.2, 0.25) is 0 Å². The smallest absolute Gasteiger partial charge is 0.325 e. The van der Waals surface area contributed by atoms with Gasteiger partial charge in [0.1, 0.15) is 11.9 Å². The SMILES string of the molecule is CCN1NCC(Cl)C1c1cc(F)cc(C(=O)NC[C@@H](N)C(=O)OC(C)C)c1. The Morgan fingerprint density at radius 2 is 2.15 bits per heavy atom. The van der Waals surface area contributed by atoms with Gasteiger partial charge in [-0.2, -0.15) is 0 Å². The molecule has 150 valence electrons. The molecule has 0 saturated carbocycles. The second-order valence-electron chi connectivity index (χ2n) is 6.68. The molecule has 1 aliphatic heterocycles. The molecule has 1 saturated heterocycles. The van der Waals surface area contributed by atoms with Crippen molar-refractivity contribution in [2.75, 3.05) is 19.6 Å². The molecule has 2 unspecified atom stereocenters. The third-order valence-corrected chi connectivity index (χ3v) is 4.56. The number of nitrogens with two attached hydrogens (primary N) is 1. The molecule has 1 heterocycles. The van der Waals surface area contributed by atoms with Crippen LogP contribution in [0.1, 0.15) is 42.7 Å². The predicted molar refractivity (Wildman–Crippen MR) is 101 cm³/mol. The van der Waals surface area contributed by atoms with Crippen molar-refractivity contribution in [1.29, 1.82) is 0 Å². The zero-order valence-electron chi connectivity index (χ0n) is 15.7. The third-order valence-electron chi connectivity index (χ3n) is 4.17. The summed E-state index contributed by atoms with van der Waals surface area (Å²) in [7, 11) is 0. The van der Waals surface area contributed by atoms with Crippen molar-refractivity contribution in [3.05, 3.63) is 35.1 Å². The maximum absolute atomic E-state index is 14.1. The van der Waals surface area contributed by atoms with Gasteiger partial charge in [0.2, 0.25) is 0 Å². The minimum atomic E-state index is -0.994. The van der Waals surface area contributed by atoms with E-state index in [1.807, 2.05) is 11.9 Å². The lowest BCUT2D eigenvalue weighted by molar-refractivity contribution is -0.148. The number of nitrogens with one attached hydrogen (secondary N) is 2. The summed E-state index contributed by atoms with van der Waals surface area (Å²) in [5.74, 6) is -1.66. The molecule has 0 spiro atoms. The van der Waals surface area contributed by atoms with Crippen LogP contribution in [0, 0.1) is 5.82 Å². The number of benzene rings is 1. The minimum absolute atomic E-state index is 0.111. The average molecular weight is 401 g/mol. The Balaban J connectivity index is 2.09. The molecule has 0 aliphatic carbocycles. The summed E-state index contributed by atoms with van der Waals surface area (Å²) >= 11 is 6.35. The average Bonchev–Trinajstić information content (AvgIpc) is 2.98. The first-order valence-corrected chi connectivity index (χ1v) is 9.35. The first-order chi connectivity index (χ1) is 12.7. The van der Waals surface area contributed by atoms with Crippen molar-refractivity contribution >= 4 is 23.5 Å². The lowest BCUT2D eigenvalue weighted by atomic mass is 10.0. The number of ether oxygens (including phenoxy) is 1. The number of carbonyl (C=O) groups excluding carboxylic acids is 2. The lowest BCUT2D eigenvalue weighted by Gasteiger charge is -2.24. The molecule has 3 atom stereocenters. The van der Waals surface area contributed by atoms with Crippen LogP contribution < -0.4 is 16.5 Å². The highest BCUT2D eigenvalue weighted by Gasteiger charge is 2.33. The van der Waals surface area contributed by atoms with E-state index in [4.69, 9.17) is 22.1 Å². The number of hydrazine groups is 1. The molecular formula is C18H26ClFN4O3. The van der Waals surface area contributed by atoms with Crippen molar-refractivity contribution < 1.29 is 18.7 Å². The summed E-state index contributed by atoms with van der Waals surface area (Å²) in [6, 6.07) is 2.87. The third kappa shape index (κ3) is 5.62. The second kappa shape index (κ2) is 9.45. The molecule has 0 radical (unpaired) electrons. The van der Waals surface area contributed by atoms with Crippen LogP contribution in [0.3, 0.4) is 0 Å². The highest BCUT2D eigenvalue weighted by Crippen LogP contribution is 2.31. The molecule has 0 bridgehead atoms. The van der Waals surface area contributed by atoms with Gasteiger partial charge in [-0.05, 0) is 37.6 Å². The van der Waals surface area contributed by atoms with Gasteiger partial charge in [0.25, 0.3) is 5.91 Å². The van der Waals surface area contributed by atoms with Gasteiger partial charge in [0.05, 0.1) is 17.5 Å². The number of esters is 1. The largest absolute Gasteiger partial charge is 0.462 e. The Bertz CT molecular complexity index is 689. The monoisotopic (exact) mass is 400 g/mol. The zero-order valence-corrected chi connectivity index (χ0v) is 16.4. The molecule has 4 N–H and O–H groups in total. The molecule has 1 aromatic carbocycles. The number of amides is 1. The van der Waals surface area contributed by atoms with Gasteiger partial charge < -0.3 is 15.8 Å². The summed E-state index contributed by atoms with van der Waals surface area (Å²) in [5.41, 5.74) is 9.61. The van der Waals surface area contributed by atoms with Gasteiger partial charge in [-0.15, -0.1) is 11.6 Å². The maximum Gasteiger partial charge on any atom is 0.325 e. The molecule has 2 rings (SSSR count). The number of hydrogen-bond acceptors (Lipinski definition) is 6. The Morgan fingerprint density at radius 3 is 2.78 bits per heavy atom. The van der Waals surface area contributed by atoms with Gasteiger partial charge in [-0.3, -0.25) is 15.0 Å². The van der Waals surface area contributed by atoms with E-state index >= 15 is 0 Å². The fourth-order valence-corrected chi connectivity index (χ4v) is 3.28. The fraction of sp³-hybridized carbons (Fsp3) is 0.556. The van der Waals surface area contributed by atoms with Gasteiger partial charge in [0, 0.05) is 25.2 Å². The molecule has 9 heteroatoms. The predicted octanol–water partition coefficient (Wildman–Crippen LogP) is 1.32. The second-order valence-corrected chi connectivity index (χ2v) is 7.25. The molecule has 27 heavy (non-hydrogen) atoms. The number of hydrogen-bond donors (Lipinski definition) is 3. The summed E-state index contributed by atoms with van der Waals surface area (Å²) in [4.78, 5) is 24.1. The van der Waals surface area contributed by atoms with Crippen LogP contribution in [0.4, 0.5) is 4.39 Å². The van der Waals surface area contributed by atoms with E-state index in [1.54, 1.807) is 19.9 Å². The quantitative estimate of drug-likeness (QED) is 0.472. The molecule has 1 aliphatic rings. The van der Waals surface area contributed by atoms with Crippen molar-refractivity contribution in [3.63, 3.8) is 0 Å². The molecular weight excluding hydrogens is 375 g/mol. The van der Waals surface area contributed by atoms with Crippen LogP contribution >= 0.6 is 11.6 Å². The maximum atomic E-state index is 14.1. The summed E-state index contributed by atoms with van der Waals surface area (Å²) in [5, 5.41) is 4.20. The number of nitrogens with zero attached hydrogens (tertiary/aromatic N) is 1. The van der Waals surface area contributed by atoms with Gasteiger partial charge in [-0.1, -0.05) is 6.92 Å². The Labute approximate surface area is 163 Å². The van der Waals surface area contributed by atoms with Crippen LogP contribution in [0.15, 0.2) is 18.2 Å². The highest BCUT2D eigenvalue weighted by molar-refractivity contribution is 6.21. The van der Waals surface area contributed by atoms with E-state index in [-0.39, 0.29) is 29.6 Å². The van der Waals surface area contributed by atoms with Crippen LogP contribution in [0.5, 0.6) is 0 Å². The van der Waals surface area contributed by atoms with Crippen molar-refractivity contribution in [1.82, 2.24) is 15.8 Å². The van der Waals surface area contributed by atoms with E-state index < -0.39 is 23.7 Å². The molecule has 1 fully saturated rings. The van der Waals surface area contributed by atoms with Crippen LogP contribution in [-0.4, -0.2) is 54.0 Å². The summed E-state index contributed by atoms with van der Waals surface area (Å²) in [6.45, 7) is 6.50. The fourth-order valence-electron chi connectivity index (χ4n) is 2.93. The van der Waals surface area contributed by atoms with Gasteiger partial charge in [-0.25, -0.2) is 9.40 Å². The molecule has 1 amide bonds. The highest BCUT2D eigenvalue weighted by atomic mass is 35.5.